The van der Waals surface area contributed by atoms with Crippen LogP contribution >= 0.6 is 31.9 Å². The van der Waals surface area contributed by atoms with E-state index in [1.807, 2.05) is 0 Å². The lowest BCUT2D eigenvalue weighted by atomic mass is 9.93. The second kappa shape index (κ2) is 10.1. The zero-order chi connectivity index (χ0) is 23.5. The highest BCUT2D eigenvalue weighted by Crippen LogP contribution is 2.38. The van der Waals surface area contributed by atoms with Gasteiger partial charge >= 0.3 is 12.1 Å². The summed E-state index contributed by atoms with van der Waals surface area (Å²) in [5.74, 6) is -1.62. The van der Waals surface area contributed by atoms with Crippen molar-refractivity contribution in [3.05, 3.63) is 50.4 Å². The maximum atomic E-state index is 13.3. The molecule has 172 valence electrons. The van der Waals surface area contributed by atoms with Gasteiger partial charge in [-0.2, -0.15) is 13.2 Å². The Balaban J connectivity index is 1.75. The van der Waals surface area contributed by atoms with E-state index in [-0.39, 0.29) is 12.6 Å². The minimum atomic E-state index is -4.48. The second-order valence-corrected chi connectivity index (χ2v) is 9.07. The number of nitrogens with one attached hydrogen (secondary N) is 2. The molecule has 0 spiro atoms. The Hall–Kier alpha value is -2.27. The molecule has 0 radical (unpaired) electrons. The molecule has 0 unspecified atom stereocenters. The number of carboxylic acid groups (broad SMARTS) is 1. The van der Waals surface area contributed by atoms with Crippen LogP contribution in [0.15, 0.2) is 39.3 Å². The molecule has 0 heterocycles. The molecular weight excluding hydrogens is 561 g/mol. The first-order valence-electron chi connectivity index (χ1n) is 9.62. The Morgan fingerprint density at radius 3 is 2.25 bits per heavy atom. The van der Waals surface area contributed by atoms with Crippen molar-refractivity contribution in [1.29, 1.82) is 0 Å². The number of hydrogen-bond donors (Lipinski definition) is 3. The molecule has 0 saturated heterocycles. The smallest absolute Gasteiger partial charge is 0.416 e. The third-order valence-corrected chi connectivity index (χ3v) is 5.95. The van der Waals surface area contributed by atoms with Crippen molar-refractivity contribution in [3.63, 3.8) is 0 Å². The van der Waals surface area contributed by atoms with Gasteiger partial charge < -0.3 is 20.5 Å². The molecule has 0 atom stereocenters. The Bertz CT molecular complexity index is 1000. The van der Waals surface area contributed by atoms with E-state index in [4.69, 9.17) is 9.84 Å². The van der Waals surface area contributed by atoms with E-state index in [1.54, 1.807) is 6.07 Å². The van der Waals surface area contributed by atoms with Gasteiger partial charge in [0, 0.05) is 17.4 Å². The van der Waals surface area contributed by atoms with Crippen molar-refractivity contribution in [2.24, 2.45) is 0 Å². The fraction of sp³-hybridized carbons (Fsp3) is 0.333. The number of benzene rings is 2. The lowest BCUT2D eigenvalue weighted by Gasteiger charge is -2.28. The fourth-order valence-corrected chi connectivity index (χ4v) is 4.49. The summed E-state index contributed by atoms with van der Waals surface area (Å²) in [4.78, 5) is 22.3. The molecule has 1 amide bonds. The average Bonchev–Trinajstić information content (AvgIpc) is 2.62. The van der Waals surface area contributed by atoms with Gasteiger partial charge in [-0.3, -0.25) is 9.59 Å². The molecular formula is C21H19Br2F3N2O4. The van der Waals surface area contributed by atoms with Gasteiger partial charge in [0.2, 0.25) is 5.91 Å². The molecule has 2 aromatic rings. The second-order valence-electron chi connectivity index (χ2n) is 7.36. The first-order valence-corrected chi connectivity index (χ1v) is 11.2. The summed E-state index contributed by atoms with van der Waals surface area (Å²) in [5, 5.41) is 14.3. The molecule has 1 aliphatic rings. The minimum Gasteiger partial charge on any atom is -0.487 e. The predicted octanol–water partition coefficient (Wildman–Crippen LogP) is 6.19. The van der Waals surface area contributed by atoms with Crippen LogP contribution in [0.5, 0.6) is 5.75 Å². The Morgan fingerprint density at radius 2 is 1.72 bits per heavy atom. The first-order chi connectivity index (χ1) is 15.0. The standard InChI is InChI=1S/C21H19Br2F3N2O4/c22-16-7-15(28-18(29)9-19(30)31)8-17(23)20(16)32-10-11-4-12(21(24,25)26)6-14(5-11)27-13-2-1-3-13/h4-8,13,27H,1-3,9-10H2,(H,28,29)(H,30,31). The largest absolute Gasteiger partial charge is 0.487 e. The molecule has 0 aliphatic heterocycles. The molecule has 0 aromatic heterocycles. The maximum Gasteiger partial charge on any atom is 0.416 e. The Kier molecular flexibility index (Phi) is 7.71. The third-order valence-electron chi connectivity index (χ3n) is 4.77. The van der Waals surface area contributed by atoms with E-state index >= 15 is 0 Å². The van der Waals surface area contributed by atoms with Gasteiger partial charge in [0.05, 0.1) is 14.5 Å². The summed E-state index contributed by atoms with van der Waals surface area (Å²) in [6.07, 6.45) is -2.25. The summed E-state index contributed by atoms with van der Waals surface area (Å²) >= 11 is 6.62. The van der Waals surface area contributed by atoms with Crippen molar-refractivity contribution in [1.82, 2.24) is 0 Å². The molecule has 11 heteroatoms. The van der Waals surface area contributed by atoms with E-state index in [1.165, 1.54) is 12.1 Å². The Morgan fingerprint density at radius 1 is 1.06 bits per heavy atom. The van der Waals surface area contributed by atoms with Crippen LogP contribution in [0.2, 0.25) is 0 Å². The van der Waals surface area contributed by atoms with Crippen LogP contribution in [0, 0.1) is 0 Å². The number of halogens is 5. The van der Waals surface area contributed by atoms with E-state index in [0.29, 0.717) is 31.6 Å². The van der Waals surface area contributed by atoms with Crippen LogP contribution in [0.4, 0.5) is 24.5 Å². The van der Waals surface area contributed by atoms with Gasteiger partial charge in [0.15, 0.2) is 0 Å². The molecule has 3 N–H and O–H groups in total. The zero-order valence-corrected chi connectivity index (χ0v) is 19.7. The van der Waals surface area contributed by atoms with E-state index in [9.17, 15) is 22.8 Å². The number of anilines is 2. The summed E-state index contributed by atoms with van der Waals surface area (Å²) in [6, 6.07) is 6.98. The fourth-order valence-electron chi connectivity index (χ4n) is 3.08. The van der Waals surface area contributed by atoms with Crippen molar-refractivity contribution >= 4 is 55.1 Å². The summed E-state index contributed by atoms with van der Waals surface area (Å²) in [6.45, 7) is -0.120. The van der Waals surface area contributed by atoms with Gasteiger partial charge in [-0.15, -0.1) is 0 Å². The predicted molar refractivity (Wildman–Crippen MR) is 120 cm³/mol. The quantitative estimate of drug-likeness (QED) is 0.325. The van der Waals surface area contributed by atoms with Crippen molar-refractivity contribution in [3.8, 4) is 5.75 Å². The van der Waals surface area contributed by atoms with Crippen molar-refractivity contribution in [2.45, 2.75) is 44.5 Å². The summed E-state index contributed by atoms with van der Waals surface area (Å²) < 4.78 is 46.6. The van der Waals surface area contributed by atoms with Crippen LogP contribution in [0.1, 0.15) is 36.8 Å². The van der Waals surface area contributed by atoms with Gasteiger partial charge in [-0.05, 0) is 87.0 Å². The molecule has 2 aromatic carbocycles. The highest BCUT2D eigenvalue weighted by molar-refractivity contribution is 9.11. The molecule has 1 saturated carbocycles. The topological polar surface area (TPSA) is 87.7 Å². The van der Waals surface area contributed by atoms with Gasteiger partial charge in [0.25, 0.3) is 0 Å². The number of ether oxygens (including phenoxy) is 1. The molecule has 1 aliphatic carbocycles. The lowest BCUT2D eigenvalue weighted by Crippen LogP contribution is -2.27. The number of aliphatic carboxylic acids is 1. The van der Waals surface area contributed by atoms with E-state index in [0.717, 1.165) is 31.4 Å². The molecule has 6 nitrogen and oxygen atoms in total. The van der Waals surface area contributed by atoms with Crippen LogP contribution in [0.25, 0.3) is 0 Å². The van der Waals surface area contributed by atoms with Crippen LogP contribution in [-0.2, 0) is 22.4 Å². The number of carbonyl (C=O) groups is 2. The number of carboxylic acids is 1. The number of hydrogen-bond acceptors (Lipinski definition) is 4. The van der Waals surface area contributed by atoms with Crippen LogP contribution in [0.3, 0.4) is 0 Å². The zero-order valence-electron chi connectivity index (χ0n) is 16.6. The molecule has 3 rings (SSSR count). The first kappa shape index (κ1) is 24.4. The SMILES string of the molecule is O=C(O)CC(=O)Nc1cc(Br)c(OCc2cc(NC3CCC3)cc(C(F)(F)F)c2)c(Br)c1. The number of amides is 1. The molecule has 0 bridgehead atoms. The maximum absolute atomic E-state index is 13.3. The molecule has 1 fully saturated rings. The normalized spacial score (nSPS) is 13.9. The highest BCUT2D eigenvalue weighted by Gasteiger charge is 2.31. The van der Waals surface area contributed by atoms with Gasteiger partial charge in [0.1, 0.15) is 18.8 Å². The summed E-state index contributed by atoms with van der Waals surface area (Å²) in [5.41, 5.74) is 0.320. The minimum absolute atomic E-state index is 0.120. The third kappa shape index (κ3) is 6.61. The van der Waals surface area contributed by atoms with Crippen molar-refractivity contribution in [2.75, 3.05) is 10.6 Å². The number of rotatable bonds is 8. The monoisotopic (exact) mass is 578 g/mol. The Labute approximate surface area is 198 Å². The van der Waals surface area contributed by atoms with E-state index < -0.39 is 30.0 Å². The van der Waals surface area contributed by atoms with Crippen LogP contribution < -0.4 is 15.4 Å². The van der Waals surface area contributed by atoms with Gasteiger partial charge in [-0.1, -0.05) is 0 Å². The van der Waals surface area contributed by atoms with Crippen molar-refractivity contribution < 1.29 is 32.6 Å². The number of alkyl halides is 3. The van der Waals surface area contributed by atoms with E-state index in [2.05, 4.69) is 42.5 Å². The molecule has 32 heavy (non-hydrogen) atoms. The van der Waals surface area contributed by atoms with Gasteiger partial charge in [-0.25, -0.2) is 0 Å². The lowest BCUT2D eigenvalue weighted by molar-refractivity contribution is -0.140. The van der Waals surface area contributed by atoms with Crippen LogP contribution in [-0.4, -0.2) is 23.0 Å². The average molecular weight is 580 g/mol. The number of carbonyl (C=O) groups excluding carboxylic acids is 1. The summed E-state index contributed by atoms with van der Waals surface area (Å²) in [7, 11) is 0. The highest BCUT2D eigenvalue weighted by atomic mass is 79.9.